The highest BCUT2D eigenvalue weighted by atomic mass is 32.1. The second kappa shape index (κ2) is 5.80. The molecule has 0 aliphatic heterocycles. The van der Waals surface area contributed by atoms with E-state index in [1.165, 1.54) is 5.56 Å². The van der Waals surface area contributed by atoms with E-state index in [-0.39, 0.29) is 0 Å². The molecule has 4 heteroatoms. The molecule has 1 aromatic heterocycles. The van der Waals surface area contributed by atoms with Gasteiger partial charge in [0.05, 0.1) is 17.8 Å². The molecule has 0 amide bonds. The van der Waals surface area contributed by atoms with Crippen LogP contribution in [0.1, 0.15) is 16.3 Å². The van der Waals surface area contributed by atoms with Crippen LogP contribution in [0.3, 0.4) is 0 Å². The minimum Gasteiger partial charge on any atom is -0.496 e. The standard InChI is InChI=1S/C13H16N2OS/c1-16-12-5-3-2-4-10(12)8-11-9-17-13(15-11)6-7-14/h2-5,9H,6-8,14H2,1H3. The number of benzene rings is 1. The highest BCUT2D eigenvalue weighted by Gasteiger charge is 2.06. The fourth-order valence-corrected chi connectivity index (χ4v) is 2.53. The number of para-hydroxylation sites is 1. The largest absolute Gasteiger partial charge is 0.496 e. The Morgan fingerprint density at radius 3 is 2.94 bits per heavy atom. The number of rotatable bonds is 5. The molecule has 90 valence electrons. The monoisotopic (exact) mass is 248 g/mol. The summed E-state index contributed by atoms with van der Waals surface area (Å²) in [5.74, 6) is 0.917. The second-order valence-electron chi connectivity index (χ2n) is 3.76. The minimum absolute atomic E-state index is 0.654. The third-order valence-corrected chi connectivity index (χ3v) is 3.48. The van der Waals surface area contributed by atoms with Gasteiger partial charge in [0, 0.05) is 23.8 Å². The lowest BCUT2D eigenvalue weighted by Crippen LogP contribution is -2.02. The van der Waals surface area contributed by atoms with Gasteiger partial charge < -0.3 is 10.5 Å². The van der Waals surface area contributed by atoms with Crippen LogP contribution in [0, 0.1) is 0 Å². The van der Waals surface area contributed by atoms with Crippen LogP contribution in [0.5, 0.6) is 5.75 Å². The lowest BCUT2D eigenvalue weighted by Gasteiger charge is -2.06. The first-order chi connectivity index (χ1) is 8.33. The van der Waals surface area contributed by atoms with Gasteiger partial charge in [-0.15, -0.1) is 11.3 Å². The zero-order valence-electron chi connectivity index (χ0n) is 9.85. The fraction of sp³-hybridized carbons (Fsp3) is 0.308. The van der Waals surface area contributed by atoms with Crippen molar-refractivity contribution in [3.05, 3.63) is 45.9 Å². The summed E-state index contributed by atoms with van der Waals surface area (Å²) in [6.45, 7) is 0.654. The zero-order valence-corrected chi connectivity index (χ0v) is 10.7. The van der Waals surface area contributed by atoms with Crippen molar-refractivity contribution < 1.29 is 4.74 Å². The summed E-state index contributed by atoms with van der Waals surface area (Å²) in [4.78, 5) is 4.55. The molecule has 0 bridgehead atoms. The number of thiazole rings is 1. The Morgan fingerprint density at radius 2 is 2.18 bits per heavy atom. The third kappa shape index (κ3) is 3.05. The number of hydrogen-bond donors (Lipinski definition) is 1. The van der Waals surface area contributed by atoms with Gasteiger partial charge in [-0.05, 0) is 12.6 Å². The van der Waals surface area contributed by atoms with Crippen LogP contribution in [0.15, 0.2) is 29.6 Å². The molecule has 3 nitrogen and oxygen atoms in total. The number of methoxy groups -OCH3 is 1. The topological polar surface area (TPSA) is 48.1 Å². The minimum atomic E-state index is 0.654. The lowest BCUT2D eigenvalue weighted by atomic mass is 10.1. The van der Waals surface area contributed by atoms with Crippen molar-refractivity contribution in [2.24, 2.45) is 5.73 Å². The van der Waals surface area contributed by atoms with E-state index in [2.05, 4.69) is 16.4 Å². The summed E-state index contributed by atoms with van der Waals surface area (Å²) in [6.07, 6.45) is 1.67. The number of aromatic nitrogens is 1. The molecule has 0 fully saturated rings. The van der Waals surface area contributed by atoms with Gasteiger partial charge in [-0.3, -0.25) is 0 Å². The molecule has 0 saturated heterocycles. The molecule has 0 aliphatic carbocycles. The average Bonchev–Trinajstić information content (AvgIpc) is 2.78. The van der Waals surface area contributed by atoms with E-state index in [9.17, 15) is 0 Å². The summed E-state index contributed by atoms with van der Waals surface area (Å²) < 4.78 is 5.33. The van der Waals surface area contributed by atoms with Crippen LogP contribution < -0.4 is 10.5 Å². The van der Waals surface area contributed by atoms with Crippen molar-refractivity contribution in [1.29, 1.82) is 0 Å². The van der Waals surface area contributed by atoms with Gasteiger partial charge in [0.1, 0.15) is 5.75 Å². The molecule has 0 saturated carbocycles. The zero-order chi connectivity index (χ0) is 12.1. The van der Waals surface area contributed by atoms with Gasteiger partial charge in [-0.2, -0.15) is 0 Å². The summed E-state index contributed by atoms with van der Waals surface area (Å²) >= 11 is 1.67. The molecule has 0 radical (unpaired) electrons. The SMILES string of the molecule is COc1ccccc1Cc1csc(CCN)n1. The van der Waals surface area contributed by atoms with Gasteiger partial charge in [0.25, 0.3) is 0 Å². The number of nitrogens with two attached hydrogens (primary N) is 1. The maximum absolute atomic E-state index is 5.51. The molecule has 0 unspecified atom stereocenters. The van der Waals surface area contributed by atoms with Gasteiger partial charge in [0.2, 0.25) is 0 Å². The average molecular weight is 248 g/mol. The van der Waals surface area contributed by atoms with E-state index >= 15 is 0 Å². The van der Waals surface area contributed by atoms with Crippen LogP contribution >= 0.6 is 11.3 Å². The molecule has 2 aromatic rings. The smallest absolute Gasteiger partial charge is 0.122 e. The Morgan fingerprint density at radius 1 is 1.35 bits per heavy atom. The first kappa shape index (κ1) is 12.1. The summed E-state index contributed by atoms with van der Waals surface area (Å²) in [7, 11) is 1.69. The van der Waals surface area contributed by atoms with Crippen LogP contribution in [-0.4, -0.2) is 18.6 Å². The molecule has 1 aromatic carbocycles. The van der Waals surface area contributed by atoms with Gasteiger partial charge in [0.15, 0.2) is 0 Å². The van der Waals surface area contributed by atoms with Crippen molar-refractivity contribution in [2.45, 2.75) is 12.8 Å². The van der Waals surface area contributed by atoms with Crippen LogP contribution in [0.4, 0.5) is 0 Å². The maximum atomic E-state index is 5.51. The Labute approximate surface area is 105 Å². The number of hydrogen-bond acceptors (Lipinski definition) is 4. The molecule has 1 heterocycles. The van der Waals surface area contributed by atoms with E-state index in [0.717, 1.165) is 29.3 Å². The Balaban J connectivity index is 2.13. The molecule has 0 aliphatic rings. The normalized spacial score (nSPS) is 10.5. The Hall–Kier alpha value is -1.39. The quantitative estimate of drug-likeness (QED) is 0.882. The van der Waals surface area contributed by atoms with Crippen LogP contribution in [0.2, 0.25) is 0 Å². The van der Waals surface area contributed by atoms with E-state index in [1.807, 2.05) is 18.2 Å². The van der Waals surface area contributed by atoms with Crippen molar-refractivity contribution >= 4 is 11.3 Å². The van der Waals surface area contributed by atoms with Crippen LogP contribution in [0.25, 0.3) is 0 Å². The molecule has 17 heavy (non-hydrogen) atoms. The molecular formula is C13H16N2OS. The van der Waals surface area contributed by atoms with Gasteiger partial charge >= 0.3 is 0 Å². The van der Waals surface area contributed by atoms with Crippen molar-refractivity contribution in [2.75, 3.05) is 13.7 Å². The molecule has 2 rings (SSSR count). The van der Waals surface area contributed by atoms with E-state index in [1.54, 1.807) is 18.4 Å². The molecular weight excluding hydrogens is 232 g/mol. The molecule has 0 atom stereocenters. The van der Waals surface area contributed by atoms with E-state index in [0.29, 0.717) is 6.54 Å². The summed E-state index contributed by atoms with van der Waals surface area (Å²) in [5, 5.41) is 3.20. The van der Waals surface area contributed by atoms with E-state index in [4.69, 9.17) is 10.5 Å². The first-order valence-electron chi connectivity index (χ1n) is 5.58. The lowest BCUT2D eigenvalue weighted by molar-refractivity contribution is 0.410. The van der Waals surface area contributed by atoms with Gasteiger partial charge in [-0.1, -0.05) is 18.2 Å². The van der Waals surface area contributed by atoms with Crippen LogP contribution in [-0.2, 0) is 12.8 Å². The summed E-state index contributed by atoms with van der Waals surface area (Å²) in [5.41, 5.74) is 7.77. The van der Waals surface area contributed by atoms with Gasteiger partial charge in [-0.25, -0.2) is 4.98 Å². The first-order valence-corrected chi connectivity index (χ1v) is 6.46. The fourth-order valence-electron chi connectivity index (χ4n) is 1.71. The third-order valence-electron chi connectivity index (χ3n) is 2.52. The maximum Gasteiger partial charge on any atom is 0.122 e. The molecule has 0 spiro atoms. The highest BCUT2D eigenvalue weighted by molar-refractivity contribution is 7.09. The Bertz CT molecular complexity index is 482. The highest BCUT2D eigenvalue weighted by Crippen LogP contribution is 2.21. The van der Waals surface area contributed by atoms with E-state index < -0.39 is 0 Å². The number of ether oxygens (including phenoxy) is 1. The van der Waals surface area contributed by atoms with Crippen molar-refractivity contribution in [3.63, 3.8) is 0 Å². The summed E-state index contributed by atoms with van der Waals surface area (Å²) in [6, 6.07) is 8.04. The second-order valence-corrected chi connectivity index (χ2v) is 4.70. The Kier molecular flexibility index (Phi) is 4.12. The predicted octanol–water partition coefficient (Wildman–Crippen LogP) is 2.24. The predicted molar refractivity (Wildman–Crippen MR) is 70.7 cm³/mol. The number of nitrogens with zero attached hydrogens (tertiary/aromatic N) is 1. The van der Waals surface area contributed by atoms with Crippen molar-refractivity contribution in [3.8, 4) is 5.75 Å². The van der Waals surface area contributed by atoms with Crippen molar-refractivity contribution in [1.82, 2.24) is 4.98 Å². The molecule has 2 N–H and O–H groups in total.